The molecule has 1 spiro atoms. The van der Waals surface area contributed by atoms with Gasteiger partial charge in [0, 0.05) is 18.3 Å². The fourth-order valence-corrected chi connectivity index (χ4v) is 4.76. The van der Waals surface area contributed by atoms with Gasteiger partial charge >= 0.3 is 5.97 Å². The second-order valence-electron chi connectivity index (χ2n) is 7.14. The van der Waals surface area contributed by atoms with Crippen molar-refractivity contribution in [1.29, 1.82) is 0 Å². The molecule has 5 aliphatic rings. The summed E-state index contributed by atoms with van der Waals surface area (Å²) < 4.78 is 11.6. The minimum atomic E-state index is -0.793. The van der Waals surface area contributed by atoms with Crippen molar-refractivity contribution in [3.8, 4) is 0 Å². The molecular formula is C15H22O5. The van der Waals surface area contributed by atoms with Gasteiger partial charge in [0.2, 0.25) is 12.1 Å². The first-order valence-corrected chi connectivity index (χ1v) is 7.71. The number of rotatable bonds is 0. The molecule has 5 rings (SSSR count). The molecule has 112 valence electrons. The van der Waals surface area contributed by atoms with Crippen molar-refractivity contribution < 1.29 is 24.0 Å². The van der Waals surface area contributed by atoms with Crippen LogP contribution < -0.4 is 0 Å². The van der Waals surface area contributed by atoms with Crippen molar-refractivity contribution in [2.75, 3.05) is 0 Å². The van der Waals surface area contributed by atoms with E-state index in [-0.39, 0.29) is 17.8 Å². The molecule has 0 unspecified atom stereocenters. The van der Waals surface area contributed by atoms with Gasteiger partial charge in [0.1, 0.15) is 0 Å². The number of esters is 1. The van der Waals surface area contributed by atoms with E-state index in [1.54, 1.807) is 0 Å². The minimum Gasteiger partial charge on any atom is -0.432 e. The fourth-order valence-electron chi connectivity index (χ4n) is 4.76. The fraction of sp³-hybridized carbons (Fsp3) is 0.933. The van der Waals surface area contributed by atoms with Crippen LogP contribution in [0.4, 0.5) is 0 Å². The normalized spacial score (nSPS) is 57.8. The van der Waals surface area contributed by atoms with Gasteiger partial charge in [-0.3, -0.25) is 4.79 Å². The smallest absolute Gasteiger partial charge is 0.311 e. The number of fused-ring (bicyclic) bond motifs is 2. The highest BCUT2D eigenvalue weighted by molar-refractivity contribution is 5.74. The molecule has 1 aliphatic carbocycles. The molecule has 0 radical (unpaired) electrons. The van der Waals surface area contributed by atoms with E-state index in [2.05, 4.69) is 6.92 Å². The summed E-state index contributed by atoms with van der Waals surface area (Å²) in [7, 11) is 0. The molecule has 20 heavy (non-hydrogen) atoms. The van der Waals surface area contributed by atoms with Gasteiger partial charge in [-0.1, -0.05) is 13.8 Å². The van der Waals surface area contributed by atoms with Crippen LogP contribution in [0.1, 0.15) is 46.5 Å². The molecule has 2 bridgehead atoms. The van der Waals surface area contributed by atoms with Crippen molar-refractivity contribution in [2.24, 2.45) is 23.7 Å². The molecule has 7 atom stereocenters. The maximum absolute atomic E-state index is 12.1. The zero-order valence-electron chi connectivity index (χ0n) is 12.3. The molecule has 4 heterocycles. The van der Waals surface area contributed by atoms with Crippen LogP contribution in [-0.4, -0.2) is 23.6 Å². The molecule has 5 heteroatoms. The molecule has 0 aromatic carbocycles. The monoisotopic (exact) mass is 282 g/mol. The average molecular weight is 282 g/mol. The van der Waals surface area contributed by atoms with Gasteiger partial charge in [-0.15, -0.1) is 0 Å². The minimum absolute atomic E-state index is 0.123. The summed E-state index contributed by atoms with van der Waals surface area (Å²) in [4.78, 5) is 23.7. The second kappa shape index (κ2) is 3.96. The summed E-state index contributed by atoms with van der Waals surface area (Å²) in [6.07, 6.45) is 3.24. The Bertz CT molecular complexity index is 452. The van der Waals surface area contributed by atoms with Crippen LogP contribution in [0.2, 0.25) is 0 Å². The summed E-state index contributed by atoms with van der Waals surface area (Å²) in [5, 5.41) is 0. The van der Waals surface area contributed by atoms with Crippen LogP contribution in [0.3, 0.4) is 0 Å². The standard InChI is InChI=1S/C15H22O5/c1-8-4-5-11-9(2)12(16)17-13-15(11)10(8)6-7-14(3,18-13)19-20-15/h8-11,13H,4-7H2,1-3H3/t8-,9-,10+,11-,13-,14-,15-/m1/s1. The summed E-state index contributed by atoms with van der Waals surface area (Å²) in [6, 6.07) is 0. The maximum Gasteiger partial charge on any atom is 0.311 e. The Balaban J connectivity index is 1.84. The largest absolute Gasteiger partial charge is 0.432 e. The lowest BCUT2D eigenvalue weighted by atomic mass is 9.58. The van der Waals surface area contributed by atoms with E-state index in [1.807, 2.05) is 13.8 Å². The van der Waals surface area contributed by atoms with E-state index < -0.39 is 17.7 Å². The highest BCUT2D eigenvalue weighted by Crippen LogP contribution is 2.59. The topological polar surface area (TPSA) is 54.0 Å². The third-order valence-electron chi connectivity index (χ3n) is 5.97. The summed E-state index contributed by atoms with van der Waals surface area (Å²) >= 11 is 0. The third-order valence-corrected chi connectivity index (χ3v) is 5.97. The van der Waals surface area contributed by atoms with Gasteiger partial charge in [-0.05, 0) is 32.1 Å². The van der Waals surface area contributed by atoms with Crippen molar-refractivity contribution in [2.45, 2.75) is 64.1 Å². The Kier molecular flexibility index (Phi) is 2.58. The van der Waals surface area contributed by atoms with Crippen LogP contribution in [-0.2, 0) is 24.0 Å². The highest BCUT2D eigenvalue weighted by Gasteiger charge is 2.69. The molecule has 0 amide bonds. The number of carbonyl (C=O) groups excluding carboxylic acids is 1. The molecule has 1 saturated carbocycles. The SMILES string of the molecule is C[C@@H]1CC[C@@H]2[C@@H](C)C(=O)O[C@@H]3O[C@@]4(C)CC[C@@H]1[C@]32OO4. The van der Waals surface area contributed by atoms with Gasteiger partial charge < -0.3 is 9.47 Å². The van der Waals surface area contributed by atoms with Crippen LogP contribution in [0.25, 0.3) is 0 Å². The van der Waals surface area contributed by atoms with Crippen molar-refractivity contribution in [1.82, 2.24) is 0 Å². The molecule has 5 fully saturated rings. The Morgan fingerprint density at radius 3 is 2.70 bits per heavy atom. The van der Waals surface area contributed by atoms with Crippen LogP contribution in [0.15, 0.2) is 0 Å². The Morgan fingerprint density at radius 2 is 1.90 bits per heavy atom. The molecule has 4 aliphatic heterocycles. The van der Waals surface area contributed by atoms with Crippen LogP contribution in [0, 0.1) is 23.7 Å². The lowest BCUT2D eigenvalue weighted by molar-refractivity contribution is -0.559. The quantitative estimate of drug-likeness (QED) is 0.504. The third kappa shape index (κ3) is 1.46. The molecule has 0 N–H and O–H groups in total. The number of hydrogen-bond acceptors (Lipinski definition) is 5. The summed E-state index contributed by atoms with van der Waals surface area (Å²) in [5.74, 6) is -0.137. The van der Waals surface area contributed by atoms with Crippen LogP contribution >= 0.6 is 0 Å². The van der Waals surface area contributed by atoms with E-state index in [0.29, 0.717) is 11.8 Å². The zero-order chi connectivity index (χ0) is 14.1. The van der Waals surface area contributed by atoms with Gasteiger partial charge in [0.15, 0.2) is 5.60 Å². The number of hydrogen-bond donors (Lipinski definition) is 0. The van der Waals surface area contributed by atoms with Crippen molar-refractivity contribution in [3.05, 3.63) is 0 Å². The molecule has 0 aromatic heterocycles. The number of carbonyl (C=O) groups is 1. The highest BCUT2D eigenvalue weighted by atomic mass is 17.3. The second-order valence-corrected chi connectivity index (χ2v) is 7.14. The molecule has 4 saturated heterocycles. The summed E-state index contributed by atoms with van der Waals surface area (Å²) in [6.45, 7) is 6.06. The van der Waals surface area contributed by atoms with E-state index in [0.717, 1.165) is 25.7 Å². The van der Waals surface area contributed by atoms with E-state index >= 15 is 0 Å². The van der Waals surface area contributed by atoms with Crippen molar-refractivity contribution in [3.63, 3.8) is 0 Å². The lowest BCUT2D eigenvalue weighted by Gasteiger charge is -2.57. The zero-order valence-corrected chi connectivity index (χ0v) is 12.3. The Morgan fingerprint density at radius 1 is 1.10 bits per heavy atom. The first-order chi connectivity index (χ1) is 9.46. The van der Waals surface area contributed by atoms with Gasteiger partial charge in [-0.2, -0.15) is 0 Å². The molecule has 5 nitrogen and oxygen atoms in total. The number of ether oxygens (including phenoxy) is 2. The summed E-state index contributed by atoms with van der Waals surface area (Å²) in [5.41, 5.74) is -0.610. The van der Waals surface area contributed by atoms with Crippen molar-refractivity contribution >= 4 is 5.97 Å². The molecule has 0 aromatic rings. The predicted octanol–water partition coefficient (Wildman–Crippen LogP) is 2.39. The lowest BCUT2D eigenvalue weighted by Crippen LogP contribution is -2.69. The predicted molar refractivity (Wildman–Crippen MR) is 68.0 cm³/mol. The van der Waals surface area contributed by atoms with Crippen LogP contribution in [0.5, 0.6) is 0 Å². The van der Waals surface area contributed by atoms with E-state index in [4.69, 9.17) is 19.2 Å². The van der Waals surface area contributed by atoms with E-state index in [9.17, 15) is 4.79 Å². The van der Waals surface area contributed by atoms with Gasteiger partial charge in [-0.25, -0.2) is 9.78 Å². The molecular weight excluding hydrogens is 260 g/mol. The van der Waals surface area contributed by atoms with E-state index in [1.165, 1.54) is 0 Å². The maximum atomic E-state index is 12.1. The Labute approximate surface area is 118 Å². The first kappa shape index (κ1) is 13.0. The first-order valence-electron chi connectivity index (χ1n) is 7.71. The van der Waals surface area contributed by atoms with Gasteiger partial charge in [0.25, 0.3) is 0 Å². The Hall–Kier alpha value is -0.650. The average Bonchev–Trinajstić information content (AvgIpc) is 2.63. The van der Waals surface area contributed by atoms with Gasteiger partial charge in [0.05, 0.1) is 5.92 Å².